The van der Waals surface area contributed by atoms with Crippen molar-refractivity contribution in [3.8, 4) is 0 Å². The van der Waals surface area contributed by atoms with Crippen molar-refractivity contribution >= 4 is 7.82 Å². The van der Waals surface area contributed by atoms with E-state index in [4.69, 9.17) is 19.2 Å². The quantitative estimate of drug-likeness (QED) is 0.226. The van der Waals surface area contributed by atoms with E-state index in [1.54, 1.807) is 0 Å². The first-order valence-electron chi connectivity index (χ1n) is 0.783. The average molecular weight is 248 g/mol. The van der Waals surface area contributed by atoms with Gasteiger partial charge in [0.15, 0.2) is 0 Å². The molecule has 0 heterocycles. The molecule has 0 saturated carbocycles. The van der Waals surface area contributed by atoms with Crippen molar-refractivity contribution in [2.24, 2.45) is 0 Å². The van der Waals surface area contributed by atoms with Crippen LogP contribution in [0.25, 0.3) is 0 Å². The molecule has 0 radical (unpaired) electrons. The minimum Gasteiger partial charge on any atom is -1.00 e. The molecule has 7 heavy (non-hydrogen) atoms. The zero-order chi connectivity index (χ0) is 4.50. The molecule has 0 amide bonds. The van der Waals surface area contributed by atoms with Crippen LogP contribution in [0.5, 0.6) is 0 Å². The molecule has 0 aromatic heterocycles. The summed E-state index contributed by atoms with van der Waals surface area (Å²) in [5, 5.41) is 0. The van der Waals surface area contributed by atoms with Gasteiger partial charge in [-0.05, 0) is 0 Å². The van der Waals surface area contributed by atoms with Gasteiger partial charge in [-0.25, -0.2) is 4.57 Å². The van der Waals surface area contributed by atoms with Crippen LogP contribution in [0.1, 0.15) is 0 Å². The van der Waals surface area contributed by atoms with Gasteiger partial charge in [0.2, 0.25) is 0 Å². The van der Waals surface area contributed by atoms with Gasteiger partial charge >= 0.3 is 37.4 Å². The van der Waals surface area contributed by atoms with Crippen LogP contribution in [-0.4, -0.2) is 14.7 Å². The minimum absolute atomic E-state index is 0. The fourth-order valence-corrected chi connectivity index (χ4v) is 0. The van der Waals surface area contributed by atoms with Gasteiger partial charge in [0.25, 0.3) is 0 Å². The second-order valence-electron chi connectivity index (χ2n) is 0.513. The summed E-state index contributed by atoms with van der Waals surface area (Å²) < 4.78 is 8.88. The second kappa shape index (κ2) is 5.97. The molecule has 0 aromatic carbocycles. The van der Waals surface area contributed by atoms with Gasteiger partial charge < -0.3 is 38.7 Å². The molecule has 0 bridgehead atoms. The Labute approximate surface area is 79.9 Å². The van der Waals surface area contributed by atoms with Crippen LogP contribution in [0.4, 0.5) is 0 Å². The molecule has 40 valence electrons. The van der Waals surface area contributed by atoms with Crippen LogP contribution >= 0.6 is 7.82 Å². The van der Waals surface area contributed by atoms with E-state index in [0.29, 0.717) is 0 Å². The first-order chi connectivity index (χ1) is 2.00. The molecule has 0 aliphatic rings. The van der Waals surface area contributed by atoms with E-state index in [-0.39, 0.29) is 53.5 Å². The molecule has 0 fully saturated rings. The third-order valence-corrected chi connectivity index (χ3v) is 0. The number of halogens is 1. The molecular weight excluding hydrogens is 245 g/mol. The van der Waals surface area contributed by atoms with Crippen LogP contribution in [0, 0.1) is 0 Å². The Morgan fingerprint density at radius 2 is 1.14 bits per heavy atom. The molecule has 0 aliphatic carbocycles. The van der Waals surface area contributed by atoms with E-state index in [9.17, 15) is 0 Å². The molecule has 0 aliphatic heterocycles. The van der Waals surface area contributed by atoms with Crippen LogP contribution in [0.3, 0.4) is 0 Å². The van der Waals surface area contributed by atoms with E-state index in [1.807, 2.05) is 0 Å². The van der Waals surface area contributed by atoms with Crippen molar-refractivity contribution in [3.63, 3.8) is 0 Å². The Bertz CT molecular complexity index is 57.8. The Morgan fingerprint density at radius 1 is 1.14 bits per heavy atom. The molecule has 0 atom stereocenters. The predicted octanol–water partition coefficient (Wildman–Crippen LogP) is -6.92. The second-order valence-corrected chi connectivity index (χ2v) is 1.54. The smallest absolute Gasteiger partial charge is 1.00 e. The number of rotatable bonds is 0. The largest absolute Gasteiger partial charge is 1.00 e. The molecule has 0 unspecified atom stereocenters. The van der Waals surface area contributed by atoms with Crippen molar-refractivity contribution in [2.45, 2.75) is 0 Å². The first-order valence-corrected chi connectivity index (χ1v) is 2.35. The fourth-order valence-electron chi connectivity index (χ4n) is 0. The first kappa shape index (κ1) is 15.9. The summed E-state index contributed by atoms with van der Waals surface area (Å²) in [5.41, 5.74) is 0. The third-order valence-electron chi connectivity index (χ3n) is 0. The molecule has 0 aromatic rings. The third kappa shape index (κ3) is 79.0. The van der Waals surface area contributed by atoms with Gasteiger partial charge in [-0.3, -0.25) is 0 Å². The van der Waals surface area contributed by atoms with Crippen molar-refractivity contribution in [1.29, 1.82) is 0 Å². The Kier molecular flexibility index (Phi) is 13.6. The van der Waals surface area contributed by atoms with Crippen LogP contribution in [0.15, 0.2) is 0 Å². The van der Waals surface area contributed by atoms with Crippen molar-refractivity contribution < 1.29 is 72.8 Å². The van der Waals surface area contributed by atoms with Crippen molar-refractivity contribution in [3.05, 3.63) is 0 Å². The molecule has 0 rings (SSSR count). The minimum atomic E-state index is -4.64. The topological polar surface area (TPSA) is 77.8 Å². The van der Waals surface area contributed by atoms with E-state index >= 15 is 0 Å². The van der Waals surface area contributed by atoms with Gasteiger partial charge in [-0.2, -0.15) is 0 Å². The molecule has 7 heteroatoms. The van der Waals surface area contributed by atoms with Gasteiger partial charge in [0.05, 0.1) is 0 Å². The van der Waals surface area contributed by atoms with E-state index in [0.717, 1.165) is 0 Å². The van der Waals surface area contributed by atoms with Gasteiger partial charge in [-0.1, -0.05) is 0 Å². The maximum Gasteiger partial charge on any atom is 1.00 e. The molecular formula is H3INaO4P. The Hall–Kier alpha value is 1.84. The SMILES string of the molecule is O=P(O)(O)O.[I-].[Na+]. The number of hydrogen-bond donors (Lipinski definition) is 3. The summed E-state index contributed by atoms with van der Waals surface area (Å²) in [6.45, 7) is 0. The molecule has 3 N–H and O–H groups in total. The summed E-state index contributed by atoms with van der Waals surface area (Å²) in [6.07, 6.45) is 0. The summed E-state index contributed by atoms with van der Waals surface area (Å²) in [4.78, 5) is 21.6. The zero-order valence-corrected chi connectivity index (χ0v) is 8.63. The average Bonchev–Trinajstić information content (AvgIpc) is 0.722. The predicted molar refractivity (Wildman–Crippen MR) is 14.3 cm³/mol. The standard InChI is InChI=1S/HI.Na.H3O4P/c;;1-5(2,3)4/h1H;;(H3,1,2,3,4)/q;+1;/p-1. The van der Waals surface area contributed by atoms with Gasteiger partial charge in [0.1, 0.15) is 0 Å². The number of phosphoric acid groups is 1. The number of hydrogen-bond acceptors (Lipinski definition) is 1. The van der Waals surface area contributed by atoms with Crippen LogP contribution in [0.2, 0.25) is 0 Å². The normalized spacial score (nSPS) is 8.43. The van der Waals surface area contributed by atoms with E-state index in [1.165, 1.54) is 0 Å². The van der Waals surface area contributed by atoms with Crippen LogP contribution in [-0.2, 0) is 4.57 Å². The van der Waals surface area contributed by atoms with Crippen molar-refractivity contribution in [1.82, 2.24) is 0 Å². The van der Waals surface area contributed by atoms with Gasteiger partial charge in [-0.15, -0.1) is 0 Å². The summed E-state index contributed by atoms with van der Waals surface area (Å²) >= 11 is 0. The van der Waals surface area contributed by atoms with Crippen LogP contribution < -0.4 is 53.5 Å². The molecule has 0 saturated heterocycles. The van der Waals surface area contributed by atoms with E-state index in [2.05, 4.69) is 0 Å². The monoisotopic (exact) mass is 248 g/mol. The Morgan fingerprint density at radius 3 is 1.14 bits per heavy atom. The maximum absolute atomic E-state index is 8.88. The summed E-state index contributed by atoms with van der Waals surface area (Å²) in [5.74, 6) is 0. The summed E-state index contributed by atoms with van der Waals surface area (Å²) in [7, 11) is -4.64. The molecule has 0 spiro atoms. The van der Waals surface area contributed by atoms with E-state index < -0.39 is 7.82 Å². The maximum atomic E-state index is 8.88. The molecule has 4 nitrogen and oxygen atoms in total. The zero-order valence-electron chi connectivity index (χ0n) is 3.58. The Balaban J connectivity index is -0.0000000800. The van der Waals surface area contributed by atoms with Crippen molar-refractivity contribution in [2.75, 3.05) is 0 Å². The fraction of sp³-hybridized carbons (Fsp3) is 0. The van der Waals surface area contributed by atoms with Gasteiger partial charge in [0, 0.05) is 0 Å². The summed E-state index contributed by atoms with van der Waals surface area (Å²) in [6, 6.07) is 0.